The first kappa shape index (κ1) is 23.5. The van der Waals surface area contributed by atoms with E-state index in [4.69, 9.17) is 21.1 Å². The van der Waals surface area contributed by atoms with Gasteiger partial charge in [-0.25, -0.2) is 0 Å². The Kier molecular flexibility index (Phi) is 5.20. The molecule has 0 spiro atoms. The molecule has 4 fully saturated rings. The molecule has 0 radical (unpaired) electrons. The second-order valence-corrected chi connectivity index (χ2v) is 11.2. The molecule has 4 aliphatic carbocycles. The monoisotopic (exact) mass is 532 g/mol. The molecule has 9 heteroatoms. The zero-order chi connectivity index (χ0) is 26.3. The number of nitrogens with zero attached hydrogens (tertiary/aromatic N) is 2. The zero-order valence-electron chi connectivity index (χ0n) is 20.6. The molecule has 8 rings (SSSR count). The van der Waals surface area contributed by atoms with Crippen LogP contribution < -0.4 is 19.3 Å². The van der Waals surface area contributed by atoms with Crippen LogP contribution in [0, 0.1) is 41.4 Å². The summed E-state index contributed by atoms with van der Waals surface area (Å²) >= 11 is 6.11. The number of carbonyl (C=O) groups excluding carboxylic acids is 4. The van der Waals surface area contributed by atoms with E-state index >= 15 is 0 Å². The molecule has 2 aromatic rings. The minimum Gasteiger partial charge on any atom is -0.495 e. The van der Waals surface area contributed by atoms with Crippen molar-refractivity contribution in [3.05, 3.63) is 59.6 Å². The summed E-state index contributed by atoms with van der Waals surface area (Å²) in [5.41, 5.74) is 0.989. The number of hydrogen-bond donors (Lipinski definition) is 0. The number of allylic oxidation sites excluding steroid dienone is 2. The van der Waals surface area contributed by atoms with Crippen molar-refractivity contribution in [3.8, 4) is 11.5 Å². The molecule has 2 bridgehead atoms. The molecule has 38 heavy (non-hydrogen) atoms. The highest BCUT2D eigenvalue weighted by Gasteiger charge is 2.67. The molecule has 0 unspecified atom stereocenters. The first-order chi connectivity index (χ1) is 18.4. The van der Waals surface area contributed by atoms with Gasteiger partial charge in [0.25, 0.3) is 0 Å². The molecule has 2 aliphatic heterocycles. The maximum Gasteiger partial charge on any atom is 0.316 e. The Bertz CT molecular complexity index is 1380. The van der Waals surface area contributed by atoms with E-state index in [0.29, 0.717) is 34.0 Å². The second-order valence-electron chi connectivity index (χ2n) is 10.8. The van der Waals surface area contributed by atoms with Crippen molar-refractivity contribution in [1.82, 2.24) is 0 Å². The first-order valence-electron chi connectivity index (χ1n) is 12.9. The van der Waals surface area contributed by atoms with E-state index in [0.717, 1.165) is 6.42 Å². The number of methoxy groups -OCH3 is 1. The molecule has 0 aromatic heterocycles. The number of esters is 1. The van der Waals surface area contributed by atoms with Crippen molar-refractivity contribution in [2.45, 2.75) is 12.8 Å². The van der Waals surface area contributed by atoms with Gasteiger partial charge in [0.15, 0.2) is 0 Å². The Morgan fingerprint density at radius 1 is 0.947 bits per heavy atom. The maximum absolute atomic E-state index is 13.3. The molecule has 2 aromatic carbocycles. The van der Waals surface area contributed by atoms with Gasteiger partial charge in [-0.3, -0.25) is 24.1 Å². The Labute approximate surface area is 224 Å². The van der Waals surface area contributed by atoms with Gasteiger partial charge in [0.05, 0.1) is 36.2 Å². The number of rotatable bonds is 5. The summed E-state index contributed by atoms with van der Waals surface area (Å²) in [4.78, 5) is 55.0. The van der Waals surface area contributed by atoms with Gasteiger partial charge in [-0.2, -0.15) is 0 Å². The molecule has 8 nitrogen and oxygen atoms in total. The fraction of sp³-hybridized carbons (Fsp3) is 0.379. The number of hydrogen-bond acceptors (Lipinski definition) is 6. The van der Waals surface area contributed by atoms with Crippen molar-refractivity contribution in [3.63, 3.8) is 0 Å². The molecule has 0 N–H and O–H groups in total. The van der Waals surface area contributed by atoms with Gasteiger partial charge in [-0.05, 0) is 72.6 Å². The van der Waals surface area contributed by atoms with E-state index in [-0.39, 0.29) is 60.1 Å². The Balaban J connectivity index is 1.04. The molecular formula is C29H25ClN2O6. The Morgan fingerprint density at radius 3 is 2.24 bits per heavy atom. The summed E-state index contributed by atoms with van der Waals surface area (Å²) in [6.45, 7) is 0.143. The predicted molar refractivity (Wildman–Crippen MR) is 138 cm³/mol. The third-order valence-corrected chi connectivity index (χ3v) is 9.10. The number of amides is 3. The summed E-state index contributed by atoms with van der Waals surface area (Å²) in [5, 5.41) is 0.453. The van der Waals surface area contributed by atoms with Gasteiger partial charge in [0.1, 0.15) is 11.5 Å². The van der Waals surface area contributed by atoms with Crippen LogP contribution in [0.3, 0.4) is 0 Å². The standard InChI is InChI=1S/C29H25ClN2O6/c1-37-23-9-2-15(30)11-22(23)31-13-14(10-24(31)33)29(36)38-17-5-3-16(4-6-17)32-27(34)25-18-7-8-19(21-12-20(18)21)26(25)28(32)35/h2-9,11,14,18-21,25-26H,10,12-13H2,1H3/t14-,18+,19+,20-,21+,25-,26+/m1/s1. The third-order valence-electron chi connectivity index (χ3n) is 8.87. The number of carbonyl (C=O) groups is 4. The van der Waals surface area contributed by atoms with E-state index in [9.17, 15) is 19.2 Å². The number of ether oxygens (including phenoxy) is 2. The number of benzene rings is 2. The largest absolute Gasteiger partial charge is 0.495 e. The normalized spacial score (nSPS) is 32.5. The minimum atomic E-state index is -0.662. The van der Waals surface area contributed by atoms with Crippen LogP contribution in [-0.4, -0.2) is 37.3 Å². The zero-order valence-corrected chi connectivity index (χ0v) is 21.3. The van der Waals surface area contributed by atoms with E-state index in [1.165, 1.54) is 16.9 Å². The van der Waals surface area contributed by atoms with Crippen LogP contribution in [0.2, 0.25) is 5.02 Å². The SMILES string of the molecule is COc1ccc(Cl)cc1N1C[C@H](C(=O)Oc2ccc(N3C(=O)[C@@H]4[C@H]5C=C[C@@H]([C@@H]6C[C@H]56)[C@@H]4C3=O)cc2)CC1=O. The Hall–Kier alpha value is -3.65. The van der Waals surface area contributed by atoms with Gasteiger partial charge in [0.2, 0.25) is 17.7 Å². The molecule has 7 atom stereocenters. The van der Waals surface area contributed by atoms with Gasteiger partial charge < -0.3 is 14.4 Å². The van der Waals surface area contributed by atoms with Crippen LogP contribution in [0.15, 0.2) is 54.6 Å². The van der Waals surface area contributed by atoms with Crippen LogP contribution >= 0.6 is 11.6 Å². The summed E-state index contributed by atoms with van der Waals surface area (Å²) in [6.07, 6.45) is 5.42. The molecular weight excluding hydrogens is 508 g/mol. The highest BCUT2D eigenvalue weighted by Crippen LogP contribution is 2.65. The quantitative estimate of drug-likeness (QED) is 0.251. The molecule has 2 saturated carbocycles. The smallest absolute Gasteiger partial charge is 0.316 e. The van der Waals surface area contributed by atoms with E-state index in [2.05, 4.69) is 12.2 Å². The van der Waals surface area contributed by atoms with E-state index < -0.39 is 11.9 Å². The molecule has 2 heterocycles. The second kappa shape index (κ2) is 8.43. The van der Waals surface area contributed by atoms with E-state index in [1.54, 1.807) is 42.5 Å². The lowest BCUT2D eigenvalue weighted by atomic mass is 9.63. The van der Waals surface area contributed by atoms with Crippen LogP contribution in [0.5, 0.6) is 11.5 Å². The topological polar surface area (TPSA) is 93.2 Å². The maximum atomic E-state index is 13.3. The summed E-state index contributed by atoms with van der Waals surface area (Å²) in [7, 11) is 1.50. The van der Waals surface area contributed by atoms with Crippen molar-refractivity contribution >= 4 is 46.7 Å². The third kappa shape index (κ3) is 3.42. The van der Waals surface area contributed by atoms with Gasteiger partial charge in [0, 0.05) is 18.0 Å². The number of imide groups is 1. The van der Waals surface area contributed by atoms with Crippen molar-refractivity contribution < 1.29 is 28.7 Å². The average Bonchev–Trinajstić information content (AvgIpc) is 3.59. The van der Waals surface area contributed by atoms with Crippen molar-refractivity contribution in [1.29, 1.82) is 0 Å². The van der Waals surface area contributed by atoms with Gasteiger partial charge in [-0.1, -0.05) is 23.8 Å². The van der Waals surface area contributed by atoms with Crippen LogP contribution in [0.25, 0.3) is 0 Å². The summed E-state index contributed by atoms with van der Waals surface area (Å²) in [6, 6.07) is 11.4. The summed E-state index contributed by atoms with van der Waals surface area (Å²) < 4.78 is 10.9. The van der Waals surface area contributed by atoms with Crippen molar-refractivity contribution in [2.75, 3.05) is 23.5 Å². The first-order valence-corrected chi connectivity index (χ1v) is 13.3. The average molecular weight is 533 g/mol. The fourth-order valence-electron chi connectivity index (χ4n) is 7.05. The lowest BCUT2D eigenvalue weighted by Crippen LogP contribution is -2.40. The van der Waals surface area contributed by atoms with Crippen molar-refractivity contribution in [2.24, 2.45) is 41.4 Å². The molecule has 194 valence electrons. The molecule has 6 aliphatic rings. The number of halogens is 1. The van der Waals surface area contributed by atoms with Gasteiger partial charge in [-0.15, -0.1) is 0 Å². The Morgan fingerprint density at radius 2 is 1.61 bits per heavy atom. The minimum absolute atomic E-state index is 0.00446. The lowest BCUT2D eigenvalue weighted by Gasteiger charge is -2.37. The predicted octanol–water partition coefficient (Wildman–Crippen LogP) is 3.86. The number of anilines is 2. The van der Waals surface area contributed by atoms with Gasteiger partial charge >= 0.3 is 5.97 Å². The van der Waals surface area contributed by atoms with Crippen LogP contribution in [-0.2, 0) is 19.2 Å². The summed E-state index contributed by atoms with van der Waals surface area (Å²) in [5.74, 6) is -0.0213. The lowest BCUT2D eigenvalue weighted by molar-refractivity contribution is -0.139. The van der Waals surface area contributed by atoms with Crippen LogP contribution in [0.1, 0.15) is 12.8 Å². The molecule has 3 amide bonds. The van der Waals surface area contributed by atoms with E-state index in [1.807, 2.05) is 0 Å². The highest BCUT2D eigenvalue weighted by atomic mass is 35.5. The highest BCUT2D eigenvalue weighted by molar-refractivity contribution is 6.31. The molecule has 2 saturated heterocycles. The fourth-order valence-corrected chi connectivity index (χ4v) is 7.21. The van der Waals surface area contributed by atoms with Crippen LogP contribution in [0.4, 0.5) is 11.4 Å².